The molecule has 2 N–H and O–H groups in total. The van der Waals surface area contributed by atoms with E-state index in [4.69, 9.17) is 0 Å². The minimum Gasteiger partial charge on any atom is -0.395 e. The fraction of sp³-hybridized carbons (Fsp3) is 0.769. The molecule has 0 fully saturated rings. The number of aromatic nitrogens is 2. The van der Waals surface area contributed by atoms with Crippen molar-refractivity contribution < 1.29 is 5.11 Å². The Hall–Kier alpha value is -0.520. The van der Waals surface area contributed by atoms with E-state index in [1.54, 1.807) is 11.8 Å². The summed E-state index contributed by atoms with van der Waals surface area (Å²) in [5.74, 6) is 0. The largest absolute Gasteiger partial charge is 0.395 e. The summed E-state index contributed by atoms with van der Waals surface area (Å²) in [4.78, 5) is 0. The molecule has 0 aromatic carbocycles. The smallest absolute Gasteiger partial charge is 0.0987 e. The van der Waals surface area contributed by atoms with E-state index < -0.39 is 0 Å². The maximum atomic E-state index is 9.18. The number of aliphatic hydroxyl groups is 1. The maximum absolute atomic E-state index is 9.18. The summed E-state index contributed by atoms with van der Waals surface area (Å²) < 4.78 is 1.91. The topological polar surface area (TPSA) is 50.1 Å². The first-order valence-corrected chi connectivity index (χ1v) is 7.17. The number of rotatable bonds is 5. The summed E-state index contributed by atoms with van der Waals surface area (Å²) in [6.45, 7) is 11.5. The lowest BCUT2D eigenvalue weighted by Crippen LogP contribution is -2.35. The molecule has 4 nitrogen and oxygen atoms in total. The zero-order valence-corrected chi connectivity index (χ0v) is 13.1. The molecule has 1 unspecified atom stereocenters. The summed E-state index contributed by atoms with van der Waals surface area (Å²) in [7, 11) is 1.96. The van der Waals surface area contributed by atoms with Crippen LogP contribution in [0.25, 0.3) is 0 Å². The van der Waals surface area contributed by atoms with Crippen LogP contribution in [0, 0.1) is 6.92 Å². The molecule has 1 atom stereocenters. The Labute approximate surface area is 114 Å². The van der Waals surface area contributed by atoms with Gasteiger partial charge in [0, 0.05) is 29.9 Å². The average Bonchev–Trinajstić information content (AvgIpc) is 2.50. The van der Waals surface area contributed by atoms with Crippen molar-refractivity contribution in [2.24, 2.45) is 7.05 Å². The van der Waals surface area contributed by atoms with Crippen molar-refractivity contribution >= 4 is 11.8 Å². The predicted octanol–water partition coefficient (Wildman–Crippen LogP) is 2.09. The van der Waals surface area contributed by atoms with Crippen LogP contribution in [0.1, 0.15) is 39.0 Å². The zero-order chi connectivity index (χ0) is 13.9. The van der Waals surface area contributed by atoms with Gasteiger partial charge in [-0.2, -0.15) is 5.10 Å². The van der Waals surface area contributed by atoms with E-state index >= 15 is 0 Å². The van der Waals surface area contributed by atoms with Gasteiger partial charge >= 0.3 is 0 Å². The van der Waals surface area contributed by atoms with Gasteiger partial charge in [0.15, 0.2) is 0 Å². The Morgan fingerprint density at radius 1 is 1.44 bits per heavy atom. The Bertz CT molecular complexity index is 396. The second-order valence-corrected chi connectivity index (χ2v) is 7.13. The van der Waals surface area contributed by atoms with Crippen molar-refractivity contribution in [3.05, 3.63) is 11.3 Å². The van der Waals surface area contributed by atoms with E-state index in [9.17, 15) is 5.11 Å². The fourth-order valence-electron chi connectivity index (χ4n) is 1.61. The highest BCUT2D eigenvalue weighted by atomic mass is 32.2. The van der Waals surface area contributed by atoms with Crippen molar-refractivity contribution in [1.29, 1.82) is 0 Å². The molecule has 104 valence electrons. The van der Waals surface area contributed by atoms with Gasteiger partial charge < -0.3 is 10.4 Å². The Morgan fingerprint density at radius 3 is 2.56 bits per heavy atom. The molecule has 0 saturated heterocycles. The SMILES string of the molecule is Cc1nn(C)c(SC(C)CO)c1CNC(C)(C)C. The van der Waals surface area contributed by atoms with Crippen molar-refractivity contribution in [3.8, 4) is 0 Å². The quantitative estimate of drug-likeness (QED) is 0.805. The molecule has 0 saturated carbocycles. The van der Waals surface area contributed by atoms with Crippen LogP contribution in [-0.4, -0.2) is 32.3 Å². The fourth-order valence-corrected chi connectivity index (χ4v) is 2.62. The number of aryl methyl sites for hydroxylation is 2. The highest BCUT2D eigenvalue weighted by Gasteiger charge is 2.18. The molecule has 1 aromatic heterocycles. The molecular formula is C13H25N3OS. The van der Waals surface area contributed by atoms with Crippen molar-refractivity contribution in [2.45, 2.75) is 57.0 Å². The highest BCUT2D eigenvalue weighted by molar-refractivity contribution is 7.99. The molecule has 1 rings (SSSR count). The van der Waals surface area contributed by atoms with Crippen molar-refractivity contribution in [3.63, 3.8) is 0 Å². The Kier molecular flexibility index (Phi) is 5.25. The molecule has 0 aliphatic rings. The van der Waals surface area contributed by atoms with E-state index in [2.05, 4.69) is 31.2 Å². The van der Waals surface area contributed by atoms with Gasteiger partial charge in [-0.3, -0.25) is 4.68 Å². The van der Waals surface area contributed by atoms with Crippen LogP contribution in [0.2, 0.25) is 0 Å². The summed E-state index contributed by atoms with van der Waals surface area (Å²) in [6.07, 6.45) is 0. The van der Waals surface area contributed by atoms with Gasteiger partial charge in [-0.05, 0) is 27.7 Å². The lowest BCUT2D eigenvalue weighted by molar-refractivity contribution is 0.300. The summed E-state index contributed by atoms with van der Waals surface area (Å²) in [5.41, 5.74) is 2.38. The van der Waals surface area contributed by atoms with Crippen LogP contribution in [0.4, 0.5) is 0 Å². The maximum Gasteiger partial charge on any atom is 0.0987 e. The van der Waals surface area contributed by atoms with E-state index in [1.807, 2.05) is 25.6 Å². The third-order valence-electron chi connectivity index (χ3n) is 2.65. The summed E-state index contributed by atoms with van der Waals surface area (Å²) >= 11 is 1.68. The van der Waals surface area contributed by atoms with Crippen LogP contribution >= 0.6 is 11.8 Å². The summed E-state index contributed by atoms with van der Waals surface area (Å²) in [6, 6.07) is 0. The van der Waals surface area contributed by atoms with Crippen LogP contribution in [0.5, 0.6) is 0 Å². The molecule has 5 heteroatoms. The first-order chi connectivity index (χ1) is 8.24. The first-order valence-electron chi connectivity index (χ1n) is 6.29. The van der Waals surface area contributed by atoms with Crippen molar-refractivity contribution in [2.75, 3.05) is 6.61 Å². The van der Waals surface area contributed by atoms with E-state index in [0.29, 0.717) is 0 Å². The van der Waals surface area contributed by atoms with Gasteiger partial charge in [-0.25, -0.2) is 0 Å². The standard InChI is InChI=1S/C13H25N3OS/c1-9(8-17)18-12-11(7-14-13(3,4)5)10(2)15-16(12)6/h9,14,17H,7-8H2,1-6H3. The van der Waals surface area contributed by atoms with Crippen LogP contribution in [0.3, 0.4) is 0 Å². The lowest BCUT2D eigenvalue weighted by atomic mass is 10.1. The minimum atomic E-state index is 0.0901. The summed E-state index contributed by atoms with van der Waals surface area (Å²) in [5, 5.41) is 18.5. The van der Waals surface area contributed by atoms with Crippen LogP contribution in [0.15, 0.2) is 5.03 Å². The molecule has 1 aromatic rings. The number of thioether (sulfide) groups is 1. The number of hydrogen-bond donors (Lipinski definition) is 2. The Morgan fingerprint density at radius 2 is 2.06 bits per heavy atom. The van der Waals surface area contributed by atoms with E-state index in [1.165, 1.54) is 5.56 Å². The monoisotopic (exact) mass is 271 g/mol. The number of nitrogens with one attached hydrogen (secondary N) is 1. The van der Waals surface area contributed by atoms with Gasteiger partial charge in [0.05, 0.1) is 17.3 Å². The normalized spacial score (nSPS) is 13.9. The first kappa shape index (κ1) is 15.5. The van der Waals surface area contributed by atoms with Gasteiger partial charge in [-0.1, -0.05) is 6.92 Å². The molecule has 0 spiro atoms. The molecule has 0 aliphatic heterocycles. The minimum absolute atomic E-state index is 0.0901. The second kappa shape index (κ2) is 6.08. The number of hydrogen-bond acceptors (Lipinski definition) is 4. The molecule has 1 heterocycles. The highest BCUT2D eigenvalue weighted by Crippen LogP contribution is 2.28. The van der Waals surface area contributed by atoms with Gasteiger partial charge in [0.1, 0.15) is 0 Å². The van der Waals surface area contributed by atoms with Gasteiger partial charge in [-0.15, -0.1) is 11.8 Å². The second-order valence-electron chi connectivity index (χ2n) is 5.71. The van der Waals surface area contributed by atoms with Crippen LogP contribution in [-0.2, 0) is 13.6 Å². The number of aliphatic hydroxyl groups excluding tert-OH is 1. The van der Waals surface area contributed by atoms with E-state index in [0.717, 1.165) is 17.3 Å². The predicted molar refractivity (Wildman–Crippen MR) is 76.9 cm³/mol. The third-order valence-corrected chi connectivity index (χ3v) is 3.94. The van der Waals surface area contributed by atoms with Crippen LogP contribution < -0.4 is 5.32 Å². The average molecular weight is 271 g/mol. The zero-order valence-electron chi connectivity index (χ0n) is 12.2. The van der Waals surface area contributed by atoms with Gasteiger partial charge in [0.2, 0.25) is 0 Å². The molecule has 0 aliphatic carbocycles. The Balaban J connectivity index is 2.88. The molecular weight excluding hydrogens is 246 g/mol. The molecule has 0 radical (unpaired) electrons. The van der Waals surface area contributed by atoms with E-state index in [-0.39, 0.29) is 17.4 Å². The molecule has 0 amide bonds. The molecule has 18 heavy (non-hydrogen) atoms. The van der Waals surface area contributed by atoms with Crippen molar-refractivity contribution in [1.82, 2.24) is 15.1 Å². The lowest BCUT2D eigenvalue weighted by Gasteiger charge is -2.21. The molecule has 0 bridgehead atoms. The van der Waals surface area contributed by atoms with Gasteiger partial charge in [0.25, 0.3) is 0 Å². The third kappa shape index (κ3) is 4.30. The number of nitrogens with zero attached hydrogens (tertiary/aromatic N) is 2.